The van der Waals surface area contributed by atoms with E-state index in [1.807, 2.05) is 13.8 Å². The number of benzene rings is 1. The van der Waals surface area contributed by atoms with Gasteiger partial charge in [-0.05, 0) is 47.8 Å². The van der Waals surface area contributed by atoms with Crippen LogP contribution in [0.15, 0.2) is 29.4 Å². The molecule has 1 heterocycles. The number of nitrogens with zero attached hydrogens (tertiary/aromatic N) is 2. The Kier molecular flexibility index (Phi) is 5.91. The van der Waals surface area contributed by atoms with E-state index in [9.17, 15) is 9.70 Å². The van der Waals surface area contributed by atoms with Gasteiger partial charge in [0, 0.05) is 15.6 Å². The Morgan fingerprint density at radius 3 is 2.42 bits per heavy atom. The molecule has 0 fully saturated rings. The molecule has 2 rings (SSSR count). The highest BCUT2D eigenvalue weighted by Gasteiger charge is 2.18. The average Bonchev–Trinajstić information content (AvgIpc) is 2.56. The normalized spacial score (nSPS) is 10.8. The largest absolute Gasteiger partial charge is 0.461 e. The van der Waals surface area contributed by atoms with Crippen LogP contribution in [0.4, 0.5) is 5.69 Å². The van der Waals surface area contributed by atoms with Gasteiger partial charge in [0.1, 0.15) is 5.69 Å². The van der Waals surface area contributed by atoms with Crippen molar-refractivity contribution in [3.05, 3.63) is 50.5 Å². The summed E-state index contributed by atoms with van der Waals surface area (Å²) in [6, 6.07) is 6.39. The lowest BCUT2D eigenvalue weighted by molar-refractivity contribution is 0.0453. The monoisotopic (exact) mass is 366 g/mol. The lowest BCUT2D eigenvalue weighted by Crippen LogP contribution is -2.12. The van der Waals surface area contributed by atoms with Gasteiger partial charge in [0.2, 0.25) is 0 Å². The van der Waals surface area contributed by atoms with E-state index in [0.29, 0.717) is 21.3 Å². The maximum absolute atomic E-state index is 12.2. The minimum atomic E-state index is -0.690. The predicted molar refractivity (Wildman–Crippen MR) is 95.0 cm³/mol. The number of nitroso groups, excluding NO2 is 1. The third kappa shape index (κ3) is 4.10. The molecule has 7 heteroatoms. The summed E-state index contributed by atoms with van der Waals surface area (Å²) in [7, 11) is 0. The van der Waals surface area contributed by atoms with Crippen molar-refractivity contribution in [2.75, 3.05) is 6.61 Å². The maximum Gasteiger partial charge on any atom is 0.359 e. The number of hydrogen-bond donors (Lipinski definition) is 0. The van der Waals surface area contributed by atoms with Crippen molar-refractivity contribution in [2.45, 2.75) is 20.8 Å². The SMILES string of the molecule is Cc1c(Cl)cc(-c2ccc(N=O)c(C(=O)OCC(C)C)n2)cc1Cl. The number of carbonyl (C=O) groups is 1. The predicted octanol–water partition coefficient (Wildman–Crippen LogP) is 5.57. The standard InChI is InChI=1S/C17H16Cl2N2O3/c1-9(2)8-24-17(22)16-15(21-23)5-4-14(20-16)11-6-12(18)10(3)13(19)7-11/h4-7,9H,8H2,1-3H3. The van der Waals surface area contributed by atoms with Crippen LogP contribution in [-0.2, 0) is 4.74 Å². The second-order valence-corrected chi connectivity index (χ2v) is 6.53. The molecule has 0 unspecified atom stereocenters. The number of rotatable bonds is 5. The molecule has 1 aromatic heterocycles. The summed E-state index contributed by atoms with van der Waals surface area (Å²) >= 11 is 12.3. The Bertz CT molecular complexity index is 768. The lowest BCUT2D eigenvalue weighted by atomic mass is 10.1. The van der Waals surface area contributed by atoms with E-state index in [1.165, 1.54) is 6.07 Å². The molecule has 0 saturated heterocycles. The highest BCUT2D eigenvalue weighted by Crippen LogP contribution is 2.31. The van der Waals surface area contributed by atoms with Crippen LogP contribution >= 0.6 is 23.2 Å². The summed E-state index contributed by atoms with van der Waals surface area (Å²) in [4.78, 5) is 27.3. The third-order valence-corrected chi connectivity index (χ3v) is 4.08. The van der Waals surface area contributed by atoms with E-state index in [-0.39, 0.29) is 23.9 Å². The van der Waals surface area contributed by atoms with Gasteiger partial charge < -0.3 is 4.74 Å². The molecule has 0 N–H and O–H groups in total. The molecule has 0 amide bonds. The first-order chi connectivity index (χ1) is 11.3. The topological polar surface area (TPSA) is 68.6 Å². The van der Waals surface area contributed by atoms with Gasteiger partial charge >= 0.3 is 5.97 Å². The van der Waals surface area contributed by atoms with Crippen molar-refractivity contribution in [3.8, 4) is 11.3 Å². The van der Waals surface area contributed by atoms with Gasteiger partial charge in [-0.2, -0.15) is 0 Å². The Morgan fingerprint density at radius 2 is 1.88 bits per heavy atom. The van der Waals surface area contributed by atoms with Gasteiger partial charge in [0.05, 0.1) is 12.3 Å². The van der Waals surface area contributed by atoms with E-state index in [1.54, 1.807) is 25.1 Å². The van der Waals surface area contributed by atoms with Gasteiger partial charge in [-0.25, -0.2) is 9.78 Å². The molecule has 0 spiro atoms. The number of hydrogen-bond acceptors (Lipinski definition) is 5. The van der Waals surface area contributed by atoms with Gasteiger partial charge in [-0.1, -0.05) is 37.0 Å². The number of halogens is 2. The van der Waals surface area contributed by atoms with Crippen molar-refractivity contribution >= 4 is 34.9 Å². The van der Waals surface area contributed by atoms with Crippen molar-refractivity contribution in [1.82, 2.24) is 4.98 Å². The first-order valence-electron chi connectivity index (χ1n) is 7.31. The Hall–Kier alpha value is -1.98. The van der Waals surface area contributed by atoms with Crippen LogP contribution in [0.25, 0.3) is 11.3 Å². The highest BCUT2D eigenvalue weighted by molar-refractivity contribution is 6.36. The van der Waals surface area contributed by atoms with Crippen LogP contribution in [0.2, 0.25) is 10.0 Å². The zero-order valence-corrected chi connectivity index (χ0v) is 15.0. The van der Waals surface area contributed by atoms with Crippen molar-refractivity contribution in [2.24, 2.45) is 11.1 Å². The first-order valence-corrected chi connectivity index (χ1v) is 8.06. The molecule has 2 aromatic rings. The van der Waals surface area contributed by atoms with Crippen molar-refractivity contribution in [1.29, 1.82) is 0 Å². The van der Waals surface area contributed by atoms with Crippen LogP contribution in [0.5, 0.6) is 0 Å². The average molecular weight is 367 g/mol. The second kappa shape index (κ2) is 7.73. The molecule has 5 nitrogen and oxygen atoms in total. The maximum atomic E-state index is 12.2. The van der Waals surface area contributed by atoms with Crippen molar-refractivity contribution in [3.63, 3.8) is 0 Å². The highest BCUT2D eigenvalue weighted by atomic mass is 35.5. The van der Waals surface area contributed by atoms with Crippen LogP contribution in [0, 0.1) is 17.7 Å². The molecule has 24 heavy (non-hydrogen) atoms. The van der Waals surface area contributed by atoms with Crippen LogP contribution in [0.3, 0.4) is 0 Å². The fraction of sp³-hybridized carbons (Fsp3) is 0.294. The van der Waals surface area contributed by atoms with Crippen LogP contribution in [-0.4, -0.2) is 17.6 Å². The quantitative estimate of drug-likeness (QED) is 0.511. The summed E-state index contributed by atoms with van der Waals surface area (Å²) < 4.78 is 5.14. The molecule has 0 aliphatic heterocycles. The summed E-state index contributed by atoms with van der Waals surface area (Å²) in [6.07, 6.45) is 0. The smallest absolute Gasteiger partial charge is 0.359 e. The van der Waals surface area contributed by atoms with E-state index in [4.69, 9.17) is 27.9 Å². The van der Waals surface area contributed by atoms with E-state index in [2.05, 4.69) is 10.2 Å². The fourth-order valence-electron chi connectivity index (χ4n) is 1.94. The Morgan fingerprint density at radius 1 is 1.25 bits per heavy atom. The molecular formula is C17H16Cl2N2O3. The second-order valence-electron chi connectivity index (χ2n) is 5.71. The molecule has 0 radical (unpaired) electrons. The van der Waals surface area contributed by atoms with Crippen LogP contribution < -0.4 is 0 Å². The van der Waals surface area contributed by atoms with Crippen molar-refractivity contribution < 1.29 is 9.53 Å². The molecule has 0 aliphatic rings. The van der Waals surface area contributed by atoms with Gasteiger partial charge in [-0.3, -0.25) is 0 Å². The molecule has 1 aromatic carbocycles. The number of pyridine rings is 1. The van der Waals surface area contributed by atoms with E-state index >= 15 is 0 Å². The minimum Gasteiger partial charge on any atom is -0.461 e. The van der Waals surface area contributed by atoms with E-state index < -0.39 is 5.97 Å². The summed E-state index contributed by atoms with van der Waals surface area (Å²) in [5, 5.41) is 3.81. The van der Waals surface area contributed by atoms with Gasteiger partial charge in [0.15, 0.2) is 5.69 Å². The molecule has 0 saturated carbocycles. The Labute approximate surface area is 149 Å². The first kappa shape index (κ1) is 18.4. The number of ether oxygens (including phenoxy) is 1. The molecule has 0 bridgehead atoms. The summed E-state index contributed by atoms with van der Waals surface area (Å²) in [5.41, 5.74) is 1.63. The third-order valence-electron chi connectivity index (χ3n) is 3.29. The summed E-state index contributed by atoms with van der Waals surface area (Å²) in [5.74, 6) is -0.524. The number of aromatic nitrogens is 1. The molecular weight excluding hydrogens is 351 g/mol. The van der Waals surface area contributed by atoms with Gasteiger partial charge in [-0.15, -0.1) is 4.91 Å². The summed E-state index contributed by atoms with van der Waals surface area (Å²) in [6.45, 7) is 5.85. The minimum absolute atomic E-state index is 0.0724. The lowest BCUT2D eigenvalue weighted by Gasteiger charge is -2.10. The number of esters is 1. The fourth-order valence-corrected chi connectivity index (χ4v) is 2.43. The molecule has 126 valence electrons. The van der Waals surface area contributed by atoms with Crippen LogP contribution in [0.1, 0.15) is 29.9 Å². The zero-order valence-electron chi connectivity index (χ0n) is 13.5. The zero-order chi connectivity index (χ0) is 17.9. The van der Waals surface area contributed by atoms with Gasteiger partial charge in [0.25, 0.3) is 0 Å². The molecule has 0 atom stereocenters. The molecule has 0 aliphatic carbocycles. The van der Waals surface area contributed by atoms with E-state index in [0.717, 1.165) is 5.56 Å². The Balaban J connectivity index is 2.45. The number of carbonyl (C=O) groups excluding carboxylic acids is 1.